The highest BCUT2D eigenvalue weighted by atomic mass is 19.3. The molecule has 0 unspecified atom stereocenters. The zero-order valence-corrected chi connectivity index (χ0v) is 11.8. The minimum Gasteiger partial charge on any atom is -0.435 e. The zero-order chi connectivity index (χ0) is 15.2. The maximum Gasteiger partial charge on any atom is 0.387 e. The lowest BCUT2D eigenvalue weighted by Crippen LogP contribution is -2.38. The van der Waals surface area contributed by atoms with Crippen LogP contribution in [-0.4, -0.2) is 32.2 Å². The van der Waals surface area contributed by atoms with Gasteiger partial charge in [-0.25, -0.2) is 0 Å². The molecule has 0 spiro atoms. The number of halogens is 2. The Morgan fingerprint density at radius 2 is 2.00 bits per heavy atom. The summed E-state index contributed by atoms with van der Waals surface area (Å²) in [4.78, 5) is 11.8. The molecule has 1 saturated heterocycles. The van der Waals surface area contributed by atoms with Crippen molar-refractivity contribution in [2.24, 2.45) is 0 Å². The van der Waals surface area contributed by atoms with Crippen molar-refractivity contribution in [3.63, 3.8) is 0 Å². The third kappa shape index (κ3) is 4.53. The second-order valence-electron chi connectivity index (χ2n) is 4.86. The van der Waals surface area contributed by atoms with Crippen molar-refractivity contribution >= 4 is 5.91 Å². The number of carbonyl (C=O) groups is 1. The van der Waals surface area contributed by atoms with Crippen LogP contribution in [0.25, 0.3) is 0 Å². The fourth-order valence-corrected chi connectivity index (χ4v) is 1.97. The second kappa shape index (κ2) is 7.17. The molecule has 0 aromatic heterocycles. The summed E-state index contributed by atoms with van der Waals surface area (Å²) in [5, 5.41) is 5.95. The minimum absolute atomic E-state index is 0.0517. The second-order valence-corrected chi connectivity index (χ2v) is 4.86. The lowest BCUT2D eigenvalue weighted by Gasteiger charge is -2.21. The molecule has 1 amide bonds. The number of hydrogen-bond acceptors (Lipinski definition) is 3. The van der Waals surface area contributed by atoms with Gasteiger partial charge in [-0.3, -0.25) is 4.79 Å². The summed E-state index contributed by atoms with van der Waals surface area (Å²) in [6, 6.07) is 6.42. The van der Waals surface area contributed by atoms with Crippen molar-refractivity contribution < 1.29 is 18.3 Å². The van der Waals surface area contributed by atoms with Crippen LogP contribution in [0.5, 0.6) is 5.75 Å². The third-order valence-electron chi connectivity index (χ3n) is 3.40. The molecule has 0 radical (unpaired) electrons. The van der Waals surface area contributed by atoms with E-state index in [1.165, 1.54) is 12.1 Å². The molecule has 2 N–H and O–H groups in total. The third-order valence-corrected chi connectivity index (χ3v) is 3.40. The van der Waals surface area contributed by atoms with Crippen LogP contribution in [0.2, 0.25) is 0 Å². The van der Waals surface area contributed by atoms with Gasteiger partial charge in [-0.1, -0.05) is 12.1 Å². The molecule has 1 fully saturated rings. The van der Waals surface area contributed by atoms with Crippen LogP contribution in [0.4, 0.5) is 8.78 Å². The molecule has 6 heteroatoms. The Hall–Kier alpha value is -1.95. The first kappa shape index (κ1) is 15.4. The maximum absolute atomic E-state index is 12.0. The summed E-state index contributed by atoms with van der Waals surface area (Å²) >= 11 is 0. The predicted molar refractivity (Wildman–Crippen MR) is 75.4 cm³/mol. The van der Waals surface area contributed by atoms with Crippen molar-refractivity contribution in [2.45, 2.75) is 20.0 Å². The number of nitrogens with one attached hydrogen (secondary N) is 2. The van der Waals surface area contributed by atoms with E-state index in [-0.39, 0.29) is 11.7 Å². The Labute approximate surface area is 122 Å². The van der Waals surface area contributed by atoms with Crippen LogP contribution in [0.15, 0.2) is 35.4 Å². The van der Waals surface area contributed by atoms with E-state index in [0.29, 0.717) is 13.0 Å². The van der Waals surface area contributed by atoms with Crippen molar-refractivity contribution in [3.05, 3.63) is 41.0 Å². The Morgan fingerprint density at radius 3 is 2.52 bits per heavy atom. The fourth-order valence-electron chi connectivity index (χ4n) is 1.97. The molecule has 0 bridgehead atoms. The molecule has 4 nitrogen and oxygen atoms in total. The van der Waals surface area contributed by atoms with Gasteiger partial charge in [0.1, 0.15) is 5.75 Å². The highest BCUT2D eigenvalue weighted by Gasteiger charge is 2.15. The number of ether oxygens (including phenoxy) is 1. The highest BCUT2D eigenvalue weighted by molar-refractivity contribution is 5.93. The molecular weight excluding hydrogens is 278 g/mol. The molecule has 0 aliphatic carbocycles. The van der Waals surface area contributed by atoms with Crippen molar-refractivity contribution in [1.29, 1.82) is 0 Å². The Balaban J connectivity index is 1.77. The molecule has 0 atom stereocenters. The number of benzene rings is 1. The van der Waals surface area contributed by atoms with E-state index in [0.717, 1.165) is 29.8 Å². The normalized spacial score (nSPS) is 13.8. The largest absolute Gasteiger partial charge is 0.435 e. The molecule has 0 saturated carbocycles. The molecular formula is C15H18F2N2O2. The Bertz CT molecular complexity index is 521. The summed E-state index contributed by atoms with van der Waals surface area (Å²) in [6.45, 7) is 1.08. The molecule has 21 heavy (non-hydrogen) atoms. The average molecular weight is 296 g/mol. The van der Waals surface area contributed by atoms with E-state index in [1.54, 1.807) is 12.1 Å². The number of hydrogen-bond donors (Lipinski definition) is 2. The molecule has 1 aromatic rings. The first-order valence-electron chi connectivity index (χ1n) is 6.77. The lowest BCUT2D eigenvalue weighted by molar-refractivity contribution is -0.117. The molecule has 114 valence electrons. The van der Waals surface area contributed by atoms with Crippen molar-refractivity contribution in [2.75, 3.05) is 19.6 Å². The number of carbonyl (C=O) groups excluding carboxylic acids is 1. The summed E-state index contributed by atoms with van der Waals surface area (Å²) < 4.78 is 28.3. The van der Waals surface area contributed by atoms with Crippen LogP contribution in [0.3, 0.4) is 0 Å². The van der Waals surface area contributed by atoms with Gasteiger partial charge in [0.2, 0.25) is 5.91 Å². The van der Waals surface area contributed by atoms with E-state index in [4.69, 9.17) is 0 Å². The Kier molecular flexibility index (Phi) is 5.27. The summed E-state index contributed by atoms with van der Waals surface area (Å²) in [6.07, 6.45) is 0.640. The van der Waals surface area contributed by atoms with E-state index in [1.807, 2.05) is 6.92 Å². The molecule has 1 aliphatic rings. The summed E-state index contributed by atoms with van der Waals surface area (Å²) in [5.41, 5.74) is 2.86. The first-order valence-corrected chi connectivity index (χ1v) is 6.77. The minimum atomic E-state index is -2.81. The van der Waals surface area contributed by atoms with Gasteiger partial charge in [-0.15, -0.1) is 0 Å². The molecule has 1 aromatic carbocycles. The maximum atomic E-state index is 12.0. The van der Waals surface area contributed by atoms with Crippen LogP contribution in [0.1, 0.15) is 12.5 Å². The van der Waals surface area contributed by atoms with Crippen LogP contribution < -0.4 is 15.4 Å². The number of amides is 1. The van der Waals surface area contributed by atoms with E-state index in [9.17, 15) is 13.6 Å². The first-order chi connectivity index (χ1) is 10.1. The van der Waals surface area contributed by atoms with Gasteiger partial charge in [-0.2, -0.15) is 8.78 Å². The topological polar surface area (TPSA) is 50.4 Å². The average Bonchev–Trinajstić information content (AvgIpc) is 2.38. The zero-order valence-electron chi connectivity index (χ0n) is 11.8. The summed E-state index contributed by atoms with van der Waals surface area (Å²) in [7, 11) is 0. The van der Waals surface area contributed by atoms with Gasteiger partial charge < -0.3 is 15.4 Å². The molecule has 2 rings (SSSR count). The van der Waals surface area contributed by atoms with Gasteiger partial charge in [0.15, 0.2) is 0 Å². The highest BCUT2D eigenvalue weighted by Crippen LogP contribution is 2.15. The van der Waals surface area contributed by atoms with Gasteiger partial charge in [0, 0.05) is 25.2 Å². The quantitative estimate of drug-likeness (QED) is 0.788. The van der Waals surface area contributed by atoms with Gasteiger partial charge in [-0.05, 0) is 36.6 Å². The van der Waals surface area contributed by atoms with Gasteiger partial charge >= 0.3 is 6.61 Å². The standard InChI is InChI=1S/C15H18F2N2O2/c1-10(12-8-18-9-12)14(20)19-7-6-11-2-4-13(5-3-11)21-15(16)17/h2-5,15,18H,6-9H2,1H3,(H,19,20). The SMILES string of the molecule is CC(C(=O)NCCc1ccc(OC(F)F)cc1)=C1CNC1. The monoisotopic (exact) mass is 296 g/mol. The number of rotatable bonds is 6. The van der Waals surface area contributed by atoms with Gasteiger partial charge in [0.05, 0.1) is 0 Å². The predicted octanol–water partition coefficient (Wildman–Crippen LogP) is 1.87. The van der Waals surface area contributed by atoms with Crippen molar-refractivity contribution in [3.8, 4) is 5.75 Å². The van der Waals surface area contributed by atoms with Crippen LogP contribution in [-0.2, 0) is 11.2 Å². The van der Waals surface area contributed by atoms with E-state index >= 15 is 0 Å². The van der Waals surface area contributed by atoms with Crippen LogP contribution >= 0.6 is 0 Å². The summed E-state index contributed by atoms with van der Waals surface area (Å²) in [5.74, 6) is 0.0833. The smallest absolute Gasteiger partial charge is 0.387 e. The van der Waals surface area contributed by atoms with Gasteiger partial charge in [0.25, 0.3) is 0 Å². The van der Waals surface area contributed by atoms with E-state index in [2.05, 4.69) is 15.4 Å². The number of alkyl halides is 2. The lowest BCUT2D eigenvalue weighted by atomic mass is 10.0. The Morgan fingerprint density at radius 1 is 1.33 bits per heavy atom. The fraction of sp³-hybridized carbons (Fsp3) is 0.400. The molecule has 1 heterocycles. The van der Waals surface area contributed by atoms with Crippen LogP contribution in [0, 0.1) is 0 Å². The molecule has 1 aliphatic heterocycles. The van der Waals surface area contributed by atoms with E-state index < -0.39 is 6.61 Å². The van der Waals surface area contributed by atoms with Crippen molar-refractivity contribution in [1.82, 2.24) is 10.6 Å².